The van der Waals surface area contributed by atoms with Gasteiger partial charge < -0.3 is 10.1 Å². The molecule has 1 rings (SSSR count). The van der Waals surface area contributed by atoms with Crippen molar-refractivity contribution in [1.82, 2.24) is 0 Å². The zero-order chi connectivity index (χ0) is 12.0. The molecule has 0 aromatic heterocycles. The standard InChI is InChI=1S/C12H14BrNO2/c1-3-16-12(15)9(2)8-14-11-6-4-10(13)5-7-11/h4-7,14H,2-3,8H2,1H3. The first kappa shape index (κ1) is 12.8. The van der Waals surface area contributed by atoms with E-state index in [1.165, 1.54) is 0 Å². The average molecular weight is 284 g/mol. The molecule has 0 bridgehead atoms. The molecule has 0 radical (unpaired) electrons. The first-order valence-corrected chi connectivity index (χ1v) is 5.77. The first-order chi connectivity index (χ1) is 7.63. The van der Waals surface area contributed by atoms with Crippen LogP contribution in [-0.4, -0.2) is 19.1 Å². The molecule has 0 atom stereocenters. The Kier molecular flexibility index (Phi) is 5.05. The van der Waals surface area contributed by atoms with Crippen LogP contribution in [0.1, 0.15) is 6.92 Å². The third-order valence-corrected chi connectivity index (χ3v) is 2.44. The van der Waals surface area contributed by atoms with E-state index in [0.29, 0.717) is 18.7 Å². The molecule has 0 amide bonds. The van der Waals surface area contributed by atoms with E-state index in [-0.39, 0.29) is 5.97 Å². The lowest BCUT2D eigenvalue weighted by atomic mass is 10.2. The predicted molar refractivity (Wildman–Crippen MR) is 68.4 cm³/mol. The smallest absolute Gasteiger partial charge is 0.335 e. The minimum Gasteiger partial charge on any atom is -0.463 e. The maximum atomic E-state index is 11.2. The van der Waals surface area contributed by atoms with Crippen LogP contribution in [0.5, 0.6) is 0 Å². The maximum absolute atomic E-state index is 11.2. The summed E-state index contributed by atoms with van der Waals surface area (Å²) in [4.78, 5) is 11.2. The summed E-state index contributed by atoms with van der Waals surface area (Å²) in [7, 11) is 0. The number of carbonyl (C=O) groups excluding carboxylic acids is 1. The molecule has 1 aromatic rings. The Hall–Kier alpha value is -1.29. The highest BCUT2D eigenvalue weighted by Gasteiger charge is 2.06. The summed E-state index contributed by atoms with van der Waals surface area (Å²) in [5, 5.41) is 3.09. The van der Waals surface area contributed by atoms with Gasteiger partial charge in [-0.05, 0) is 31.2 Å². The Morgan fingerprint density at radius 2 is 2.06 bits per heavy atom. The highest BCUT2D eigenvalue weighted by molar-refractivity contribution is 9.10. The largest absolute Gasteiger partial charge is 0.463 e. The van der Waals surface area contributed by atoms with Crippen LogP contribution < -0.4 is 5.32 Å². The number of rotatable bonds is 5. The quantitative estimate of drug-likeness (QED) is 0.667. The van der Waals surface area contributed by atoms with Gasteiger partial charge >= 0.3 is 5.97 Å². The number of ether oxygens (including phenoxy) is 1. The Balaban J connectivity index is 2.42. The molecule has 0 saturated heterocycles. The van der Waals surface area contributed by atoms with Crippen LogP contribution in [0.25, 0.3) is 0 Å². The van der Waals surface area contributed by atoms with Gasteiger partial charge in [0.2, 0.25) is 0 Å². The molecule has 0 saturated carbocycles. The molecule has 0 heterocycles. The monoisotopic (exact) mass is 283 g/mol. The maximum Gasteiger partial charge on any atom is 0.335 e. The van der Waals surface area contributed by atoms with Gasteiger partial charge in [0.1, 0.15) is 0 Å². The minimum atomic E-state index is -0.355. The van der Waals surface area contributed by atoms with Crippen LogP contribution in [0.3, 0.4) is 0 Å². The van der Waals surface area contributed by atoms with Crippen LogP contribution in [0.2, 0.25) is 0 Å². The number of nitrogens with one attached hydrogen (secondary N) is 1. The lowest BCUT2D eigenvalue weighted by molar-refractivity contribution is -0.138. The van der Waals surface area contributed by atoms with E-state index in [4.69, 9.17) is 4.74 Å². The van der Waals surface area contributed by atoms with Crippen LogP contribution in [-0.2, 0) is 9.53 Å². The van der Waals surface area contributed by atoms with Crippen LogP contribution in [0, 0.1) is 0 Å². The molecule has 0 spiro atoms. The summed E-state index contributed by atoms with van der Waals surface area (Å²) < 4.78 is 5.84. The van der Waals surface area contributed by atoms with Crippen molar-refractivity contribution < 1.29 is 9.53 Å². The van der Waals surface area contributed by atoms with Crippen LogP contribution in [0.4, 0.5) is 5.69 Å². The molecule has 0 unspecified atom stereocenters. The van der Waals surface area contributed by atoms with E-state index in [1.54, 1.807) is 6.92 Å². The van der Waals surface area contributed by atoms with Crippen molar-refractivity contribution >= 4 is 27.6 Å². The van der Waals surface area contributed by atoms with Crippen molar-refractivity contribution in [3.05, 3.63) is 40.9 Å². The van der Waals surface area contributed by atoms with Crippen molar-refractivity contribution in [2.75, 3.05) is 18.5 Å². The summed E-state index contributed by atoms with van der Waals surface area (Å²) in [6, 6.07) is 7.69. The van der Waals surface area contributed by atoms with Crippen molar-refractivity contribution in [2.45, 2.75) is 6.92 Å². The summed E-state index contributed by atoms with van der Waals surface area (Å²) in [6.07, 6.45) is 0. The first-order valence-electron chi connectivity index (χ1n) is 4.98. The second-order valence-corrected chi connectivity index (χ2v) is 4.10. The lowest BCUT2D eigenvalue weighted by Gasteiger charge is -2.08. The molecule has 1 N–H and O–H groups in total. The Morgan fingerprint density at radius 1 is 1.44 bits per heavy atom. The van der Waals surface area contributed by atoms with Gasteiger partial charge in [-0.15, -0.1) is 0 Å². The highest BCUT2D eigenvalue weighted by atomic mass is 79.9. The number of esters is 1. The molecule has 16 heavy (non-hydrogen) atoms. The second-order valence-electron chi connectivity index (χ2n) is 3.18. The van der Waals surface area contributed by atoms with Crippen LogP contribution >= 0.6 is 15.9 Å². The van der Waals surface area contributed by atoms with E-state index < -0.39 is 0 Å². The van der Waals surface area contributed by atoms with Crippen molar-refractivity contribution in [2.24, 2.45) is 0 Å². The van der Waals surface area contributed by atoms with Gasteiger partial charge in [-0.1, -0.05) is 22.5 Å². The second kappa shape index (κ2) is 6.33. The van der Waals surface area contributed by atoms with Gasteiger partial charge in [0.25, 0.3) is 0 Å². The number of anilines is 1. The molecular weight excluding hydrogens is 270 g/mol. The van der Waals surface area contributed by atoms with E-state index in [9.17, 15) is 4.79 Å². The molecule has 3 nitrogen and oxygen atoms in total. The van der Waals surface area contributed by atoms with Gasteiger partial charge in [0.15, 0.2) is 0 Å². The molecule has 4 heteroatoms. The fourth-order valence-electron chi connectivity index (χ4n) is 1.08. The summed E-state index contributed by atoms with van der Waals surface area (Å²) in [5.74, 6) is -0.355. The zero-order valence-electron chi connectivity index (χ0n) is 9.13. The lowest BCUT2D eigenvalue weighted by Crippen LogP contribution is -2.14. The normalized spacial score (nSPS) is 9.62. The molecule has 0 fully saturated rings. The Labute approximate surface area is 104 Å². The predicted octanol–water partition coefficient (Wildman–Crippen LogP) is 2.98. The van der Waals surface area contributed by atoms with Crippen molar-refractivity contribution in [3.63, 3.8) is 0 Å². The SMILES string of the molecule is C=C(CNc1ccc(Br)cc1)C(=O)OCC. The van der Waals surface area contributed by atoms with E-state index in [1.807, 2.05) is 24.3 Å². The molecule has 1 aromatic carbocycles. The number of halogens is 1. The van der Waals surface area contributed by atoms with Gasteiger partial charge in [-0.2, -0.15) is 0 Å². The number of hydrogen-bond donors (Lipinski definition) is 1. The van der Waals surface area contributed by atoms with E-state index in [2.05, 4.69) is 27.8 Å². The number of carbonyl (C=O) groups is 1. The Morgan fingerprint density at radius 3 is 2.62 bits per heavy atom. The number of hydrogen-bond acceptors (Lipinski definition) is 3. The topological polar surface area (TPSA) is 38.3 Å². The van der Waals surface area contributed by atoms with E-state index in [0.717, 1.165) is 10.2 Å². The third kappa shape index (κ3) is 4.06. The fourth-order valence-corrected chi connectivity index (χ4v) is 1.35. The molecule has 86 valence electrons. The van der Waals surface area contributed by atoms with Crippen LogP contribution in [0.15, 0.2) is 40.9 Å². The summed E-state index contributed by atoms with van der Waals surface area (Å²) >= 11 is 3.35. The number of benzene rings is 1. The average Bonchev–Trinajstić information content (AvgIpc) is 2.28. The summed E-state index contributed by atoms with van der Waals surface area (Å²) in [5.41, 5.74) is 1.36. The molecule has 0 aliphatic heterocycles. The summed E-state index contributed by atoms with van der Waals surface area (Å²) in [6.45, 7) is 6.19. The van der Waals surface area contributed by atoms with Crippen molar-refractivity contribution in [1.29, 1.82) is 0 Å². The molecule has 0 aliphatic rings. The Bertz CT molecular complexity index is 373. The van der Waals surface area contributed by atoms with Crippen molar-refractivity contribution in [3.8, 4) is 0 Å². The highest BCUT2D eigenvalue weighted by Crippen LogP contribution is 2.14. The van der Waals surface area contributed by atoms with Gasteiger partial charge in [-0.25, -0.2) is 4.79 Å². The van der Waals surface area contributed by atoms with Gasteiger partial charge in [0, 0.05) is 22.3 Å². The van der Waals surface area contributed by atoms with Gasteiger partial charge in [0.05, 0.1) is 6.61 Å². The third-order valence-electron chi connectivity index (χ3n) is 1.91. The zero-order valence-corrected chi connectivity index (χ0v) is 10.7. The fraction of sp³-hybridized carbons (Fsp3) is 0.250. The minimum absolute atomic E-state index is 0.355. The molecule has 0 aliphatic carbocycles. The van der Waals surface area contributed by atoms with E-state index >= 15 is 0 Å². The molecular formula is C12H14BrNO2. The van der Waals surface area contributed by atoms with Gasteiger partial charge in [-0.3, -0.25) is 0 Å².